The van der Waals surface area contributed by atoms with E-state index in [-0.39, 0.29) is 12.3 Å². The number of aromatic nitrogens is 1. The molecule has 1 aromatic heterocycles. The summed E-state index contributed by atoms with van der Waals surface area (Å²) in [6.45, 7) is 3.46. The molecule has 0 atom stereocenters. The first-order valence-electron chi connectivity index (χ1n) is 3.75. The van der Waals surface area contributed by atoms with Crippen molar-refractivity contribution in [1.82, 2.24) is 4.98 Å². The molecule has 0 fully saturated rings. The molecule has 0 aliphatic rings. The minimum Gasteiger partial charge on any atom is -0.323 e. The summed E-state index contributed by atoms with van der Waals surface area (Å²) in [5.41, 5.74) is 0.524. The number of carbonyl (C=O) groups is 1. The van der Waals surface area contributed by atoms with Crippen molar-refractivity contribution < 1.29 is 4.79 Å². The predicted octanol–water partition coefficient (Wildman–Crippen LogP) is 2.25. The zero-order chi connectivity index (χ0) is 9.68. The fraction of sp³-hybridized carbons (Fsp3) is 0.111. The Kier molecular flexibility index (Phi) is 3.46. The Morgan fingerprint density at radius 3 is 3.15 bits per heavy atom. The largest absolute Gasteiger partial charge is 0.323 e. The molecule has 3 nitrogen and oxygen atoms in total. The van der Waals surface area contributed by atoms with Gasteiger partial charge in [0.15, 0.2) is 5.15 Å². The topological polar surface area (TPSA) is 42.0 Å². The Morgan fingerprint density at radius 2 is 2.54 bits per heavy atom. The van der Waals surface area contributed by atoms with Gasteiger partial charge in [-0.2, -0.15) is 0 Å². The van der Waals surface area contributed by atoms with Gasteiger partial charge in [0.25, 0.3) is 0 Å². The van der Waals surface area contributed by atoms with Crippen LogP contribution in [0.3, 0.4) is 0 Å². The van der Waals surface area contributed by atoms with Crippen LogP contribution in [-0.2, 0) is 4.79 Å². The zero-order valence-corrected chi connectivity index (χ0v) is 7.71. The van der Waals surface area contributed by atoms with Crippen LogP contribution >= 0.6 is 11.6 Å². The maximum absolute atomic E-state index is 11.1. The van der Waals surface area contributed by atoms with E-state index in [2.05, 4.69) is 16.9 Å². The lowest BCUT2D eigenvalue weighted by molar-refractivity contribution is -0.115. The molecule has 68 valence electrons. The number of hydrogen-bond donors (Lipinski definition) is 1. The number of anilines is 1. The molecule has 1 rings (SSSR count). The van der Waals surface area contributed by atoms with Crippen molar-refractivity contribution in [3.8, 4) is 0 Å². The van der Waals surface area contributed by atoms with Gasteiger partial charge in [-0.1, -0.05) is 17.7 Å². The van der Waals surface area contributed by atoms with Crippen molar-refractivity contribution in [1.29, 1.82) is 0 Å². The molecular formula is C9H9ClN2O. The Labute approximate surface area is 81.4 Å². The third-order valence-corrected chi connectivity index (χ3v) is 1.66. The first-order chi connectivity index (χ1) is 6.24. The second kappa shape index (κ2) is 4.62. The number of hydrogen-bond acceptors (Lipinski definition) is 2. The van der Waals surface area contributed by atoms with Gasteiger partial charge in [-0.15, -0.1) is 6.58 Å². The Hall–Kier alpha value is -1.35. The summed E-state index contributed by atoms with van der Waals surface area (Å²) in [6.07, 6.45) is 3.36. The van der Waals surface area contributed by atoms with Crippen LogP contribution in [0.5, 0.6) is 0 Å². The number of nitrogens with zero attached hydrogens (tertiary/aromatic N) is 1. The van der Waals surface area contributed by atoms with Crippen LogP contribution in [0.2, 0.25) is 5.15 Å². The number of halogens is 1. The molecule has 1 N–H and O–H groups in total. The van der Waals surface area contributed by atoms with Crippen molar-refractivity contribution in [3.63, 3.8) is 0 Å². The second-order valence-corrected chi connectivity index (χ2v) is 2.74. The zero-order valence-electron chi connectivity index (χ0n) is 6.96. The third-order valence-electron chi connectivity index (χ3n) is 1.36. The highest BCUT2D eigenvalue weighted by atomic mass is 35.5. The minimum absolute atomic E-state index is 0.148. The van der Waals surface area contributed by atoms with Crippen molar-refractivity contribution in [3.05, 3.63) is 36.1 Å². The Bertz CT molecular complexity index is 325. The molecular weight excluding hydrogens is 188 g/mol. The smallest absolute Gasteiger partial charge is 0.228 e. The van der Waals surface area contributed by atoms with E-state index in [0.29, 0.717) is 10.8 Å². The highest BCUT2D eigenvalue weighted by Crippen LogP contribution is 2.17. The van der Waals surface area contributed by atoms with Gasteiger partial charge in [0.2, 0.25) is 5.91 Å². The van der Waals surface area contributed by atoms with Crippen LogP contribution in [0.25, 0.3) is 0 Å². The summed E-state index contributed by atoms with van der Waals surface area (Å²) >= 11 is 5.72. The minimum atomic E-state index is -0.148. The third kappa shape index (κ3) is 2.87. The van der Waals surface area contributed by atoms with Gasteiger partial charge >= 0.3 is 0 Å². The van der Waals surface area contributed by atoms with Gasteiger partial charge in [-0.05, 0) is 12.1 Å². The lowest BCUT2D eigenvalue weighted by Crippen LogP contribution is -2.10. The maximum Gasteiger partial charge on any atom is 0.228 e. The molecule has 4 heteroatoms. The molecule has 1 aromatic rings. The van der Waals surface area contributed by atoms with E-state index < -0.39 is 0 Å². The second-order valence-electron chi connectivity index (χ2n) is 2.38. The van der Waals surface area contributed by atoms with E-state index in [9.17, 15) is 4.79 Å². The standard InChI is InChI=1S/C9H9ClN2O/c1-2-4-8(13)12-7-5-3-6-11-9(7)10/h2-3,5-6H,1,4H2,(H,12,13). The molecule has 0 aromatic carbocycles. The normalized spacial score (nSPS) is 9.31. The molecule has 0 saturated heterocycles. The summed E-state index contributed by atoms with van der Waals surface area (Å²) in [7, 11) is 0. The predicted molar refractivity (Wildman–Crippen MR) is 52.7 cm³/mol. The van der Waals surface area contributed by atoms with Crippen molar-refractivity contribution in [2.45, 2.75) is 6.42 Å². The van der Waals surface area contributed by atoms with E-state index >= 15 is 0 Å². The van der Waals surface area contributed by atoms with Gasteiger partial charge in [-0.25, -0.2) is 4.98 Å². The van der Waals surface area contributed by atoms with Crippen molar-refractivity contribution in [2.75, 3.05) is 5.32 Å². The van der Waals surface area contributed by atoms with Crippen LogP contribution in [0.15, 0.2) is 31.0 Å². The molecule has 0 bridgehead atoms. The van der Waals surface area contributed by atoms with E-state index in [0.717, 1.165) is 0 Å². The maximum atomic E-state index is 11.1. The number of carbonyl (C=O) groups excluding carboxylic acids is 1. The van der Waals surface area contributed by atoms with Crippen LogP contribution in [0.1, 0.15) is 6.42 Å². The monoisotopic (exact) mass is 196 g/mol. The average molecular weight is 197 g/mol. The Morgan fingerprint density at radius 1 is 1.77 bits per heavy atom. The molecule has 0 aliphatic heterocycles. The molecule has 0 unspecified atom stereocenters. The fourth-order valence-corrected chi connectivity index (χ4v) is 0.978. The summed E-state index contributed by atoms with van der Waals surface area (Å²) < 4.78 is 0. The van der Waals surface area contributed by atoms with Gasteiger partial charge in [0.05, 0.1) is 5.69 Å². The summed E-state index contributed by atoms with van der Waals surface area (Å²) in [5, 5.41) is 2.90. The molecule has 0 spiro atoms. The number of amides is 1. The quantitative estimate of drug-likeness (QED) is 0.595. The molecule has 0 radical (unpaired) electrons. The summed E-state index contributed by atoms with van der Waals surface area (Å²) in [6, 6.07) is 3.39. The van der Waals surface area contributed by atoms with E-state index in [1.165, 1.54) is 6.08 Å². The van der Waals surface area contributed by atoms with E-state index in [1.54, 1.807) is 18.3 Å². The van der Waals surface area contributed by atoms with E-state index in [4.69, 9.17) is 11.6 Å². The molecule has 1 amide bonds. The van der Waals surface area contributed by atoms with Crippen LogP contribution < -0.4 is 5.32 Å². The lowest BCUT2D eigenvalue weighted by atomic mass is 10.3. The van der Waals surface area contributed by atoms with Crippen LogP contribution in [-0.4, -0.2) is 10.9 Å². The highest BCUT2D eigenvalue weighted by molar-refractivity contribution is 6.32. The molecule has 1 heterocycles. The average Bonchev–Trinajstić information content (AvgIpc) is 2.09. The molecule has 0 saturated carbocycles. The fourth-order valence-electron chi connectivity index (χ4n) is 0.812. The summed E-state index contributed by atoms with van der Waals surface area (Å²) in [5.74, 6) is -0.148. The summed E-state index contributed by atoms with van der Waals surface area (Å²) in [4.78, 5) is 14.9. The van der Waals surface area contributed by atoms with Crippen molar-refractivity contribution >= 4 is 23.2 Å². The number of nitrogens with one attached hydrogen (secondary N) is 1. The van der Waals surface area contributed by atoms with Gasteiger partial charge in [0, 0.05) is 12.6 Å². The number of rotatable bonds is 3. The van der Waals surface area contributed by atoms with Gasteiger partial charge in [0.1, 0.15) is 0 Å². The number of pyridine rings is 1. The first kappa shape index (κ1) is 9.74. The van der Waals surface area contributed by atoms with Crippen LogP contribution in [0, 0.1) is 0 Å². The highest BCUT2D eigenvalue weighted by Gasteiger charge is 2.03. The first-order valence-corrected chi connectivity index (χ1v) is 4.13. The SMILES string of the molecule is C=CCC(=O)Nc1cccnc1Cl. The van der Waals surface area contributed by atoms with Gasteiger partial charge in [-0.3, -0.25) is 4.79 Å². The van der Waals surface area contributed by atoms with Gasteiger partial charge < -0.3 is 5.32 Å². The molecule has 0 aliphatic carbocycles. The van der Waals surface area contributed by atoms with Crippen LogP contribution in [0.4, 0.5) is 5.69 Å². The van der Waals surface area contributed by atoms with Crippen molar-refractivity contribution in [2.24, 2.45) is 0 Å². The molecule has 13 heavy (non-hydrogen) atoms. The lowest BCUT2D eigenvalue weighted by Gasteiger charge is -2.03. The Balaban J connectivity index is 2.68. The van der Waals surface area contributed by atoms with E-state index in [1.807, 2.05) is 0 Å².